The molecule has 0 spiro atoms. The standard InChI is InChI=1S/C24H30ClFN2O3S/c1-5-16(2)27-24(30)17(3)28(13-18-8-6-9-19(12-18)31-4)23(29)15-32-14-20-21(25)10-7-11-22(20)26/h6-12,16-17H,5,13-15H2,1-4H3,(H,27,30)/t16-,17+/m1/s1. The van der Waals surface area contributed by atoms with E-state index in [0.29, 0.717) is 16.3 Å². The van der Waals surface area contributed by atoms with Gasteiger partial charge in [-0.3, -0.25) is 9.59 Å². The fourth-order valence-corrected chi connectivity index (χ4v) is 4.26. The van der Waals surface area contributed by atoms with Crippen LogP contribution in [0.25, 0.3) is 0 Å². The molecule has 0 saturated carbocycles. The van der Waals surface area contributed by atoms with E-state index in [2.05, 4.69) is 5.32 Å². The van der Waals surface area contributed by atoms with Gasteiger partial charge in [-0.25, -0.2) is 4.39 Å². The Morgan fingerprint density at radius 2 is 1.94 bits per heavy atom. The first-order chi connectivity index (χ1) is 15.3. The van der Waals surface area contributed by atoms with Gasteiger partial charge in [0.25, 0.3) is 0 Å². The van der Waals surface area contributed by atoms with Gasteiger partial charge in [-0.15, -0.1) is 11.8 Å². The van der Waals surface area contributed by atoms with Crippen LogP contribution in [0.4, 0.5) is 4.39 Å². The van der Waals surface area contributed by atoms with E-state index >= 15 is 0 Å². The SMILES string of the molecule is CC[C@@H](C)NC(=O)[C@H](C)N(Cc1cccc(OC)c1)C(=O)CSCc1c(F)cccc1Cl. The first-order valence-corrected chi connectivity index (χ1v) is 12.0. The summed E-state index contributed by atoms with van der Waals surface area (Å²) in [6, 6.07) is 11.2. The molecule has 0 aliphatic rings. The molecule has 174 valence electrons. The molecule has 2 rings (SSSR count). The number of thioether (sulfide) groups is 1. The van der Waals surface area contributed by atoms with E-state index in [1.807, 2.05) is 38.1 Å². The zero-order valence-electron chi connectivity index (χ0n) is 18.9. The van der Waals surface area contributed by atoms with Crippen LogP contribution in [0, 0.1) is 5.82 Å². The van der Waals surface area contributed by atoms with Gasteiger partial charge < -0.3 is 15.0 Å². The quantitative estimate of drug-likeness (QED) is 0.488. The summed E-state index contributed by atoms with van der Waals surface area (Å²) in [7, 11) is 1.58. The Balaban J connectivity index is 2.14. The van der Waals surface area contributed by atoms with E-state index < -0.39 is 11.9 Å². The Kier molecular flexibility index (Phi) is 10.3. The van der Waals surface area contributed by atoms with Gasteiger partial charge in [0.15, 0.2) is 0 Å². The van der Waals surface area contributed by atoms with Crippen molar-refractivity contribution in [1.82, 2.24) is 10.2 Å². The summed E-state index contributed by atoms with van der Waals surface area (Å²) in [5.41, 5.74) is 1.22. The van der Waals surface area contributed by atoms with Crippen LogP contribution in [0.3, 0.4) is 0 Å². The van der Waals surface area contributed by atoms with Crippen LogP contribution in [-0.2, 0) is 21.9 Å². The van der Waals surface area contributed by atoms with Crippen molar-refractivity contribution in [3.8, 4) is 5.75 Å². The second kappa shape index (κ2) is 12.7. The molecule has 2 aromatic rings. The molecular formula is C24H30ClFN2O3S. The first kappa shape index (κ1) is 26.0. The summed E-state index contributed by atoms with van der Waals surface area (Å²) in [5.74, 6) is 0.213. The van der Waals surface area contributed by atoms with Crippen LogP contribution in [0.2, 0.25) is 5.02 Å². The van der Waals surface area contributed by atoms with Crippen LogP contribution in [0.15, 0.2) is 42.5 Å². The highest BCUT2D eigenvalue weighted by Crippen LogP contribution is 2.24. The van der Waals surface area contributed by atoms with E-state index in [9.17, 15) is 14.0 Å². The molecule has 2 atom stereocenters. The van der Waals surface area contributed by atoms with E-state index in [4.69, 9.17) is 16.3 Å². The summed E-state index contributed by atoms with van der Waals surface area (Å²) >= 11 is 7.35. The number of nitrogens with one attached hydrogen (secondary N) is 1. The second-order valence-corrected chi connectivity index (χ2v) is 8.95. The maximum absolute atomic E-state index is 14.0. The van der Waals surface area contributed by atoms with Gasteiger partial charge >= 0.3 is 0 Å². The Morgan fingerprint density at radius 1 is 1.22 bits per heavy atom. The number of carbonyl (C=O) groups excluding carboxylic acids is 2. The molecule has 0 aliphatic heterocycles. The number of benzene rings is 2. The minimum Gasteiger partial charge on any atom is -0.497 e. The number of hydrogen-bond donors (Lipinski definition) is 1. The number of nitrogens with zero attached hydrogens (tertiary/aromatic N) is 1. The van der Waals surface area contributed by atoms with Crippen molar-refractivity contribution in [2.24, 2.45) is 0 Å². The highest BCUT2D eigenvalue weighted by Gasteiger charge is 2.27. The molecule has 0 unspecified atom stereocenters. The van der Waals surface area contributed by atoms with Gasteiger partial charge in [0.05, 0.1) is 12.9 Å². The smallest absolute Gasteiger partial charge is 0.242 e. The van der Waals surface area contributed by atoms with Crippen molar-refractivity contribution >= 4 is 35.2 Å². The molecule has 32 heavy (non-hydrogen) atoms. The number of carbonyl (C=O) groups is 2. The predicted octanol–water partition coefficient (Wildman–Crippen LogP) is 5.05. The second-order valence-electron chi connectivity index (χ2n) is 7.56. The van der Waals surface area contributed by atoms with Crippen LogP contribution >= 0.6 is 23.4 Å². The summed E-state index contributed by atoms with van der Waals surface area (Å²) in [5, 5.41) is 3.27. The van der Waals surface area contributed by atoms with Crippen molar-refractivity contribution in [2.75, 3.05) is 12.9 Å². The topological polar surface area (TPSA) is 58.6 Å². The van der Waals surface area contributed by atoms with E-state index in [-0.39, 0.29) is 35.9 Å². The lowest BCUT2D eigenvalue weighted by Crippen LogP contribution is -2.50. The van der Waals surface area contributed by atoms with E-state index in [0.717, 1.165) is 12.0 Å². The fourth-order valence-electron chi connectivity index (χ4n) is 3.01. The lowest BCUT2D eigenvalue weighted by atomic mass is 10.1. The maximum atomic E-state index is 14.0. The molecule has 0 saturated heterocycles. The fraction of sp³-hybridized carbons (Fsp3) is 0.417. The van der Waals surface area contributed by atoms with Gasteiger partial charge in [0, 0.05) is 28.9 Å². The van der Waals surface area contributed by atoms with Crippen molar-refractivity contribution in [1.29, 1.82) is 0 Å². The average molecular weight is 481 g/mol. The number of methoxy groups -OCH3 is 1. The number of halogens is 2. The Bertz CT molecular complexity index is 908. The molecule has 1 N–H and O–H groups in total. The number of hydrogen-bond acceptors (Lipinski definition) is 4. The van der Waals surface area contributed by atoms with Crippen molar-refractivity contribution < 1.29 is 18.7 Å². The first-order valence-electron chi connectivity index (χ1n) is 10.5. The largest absolute Gasteiger partial charge is 0.497 e. The zero-order valence-corrected chi connectivity index (χ0v) is 20.4. The van der Waals surface area contributed by atoms with Gasteiger partial charge in [0.1, 0.15) is 17.6 Å². The predicted molar refractivity (Wildman–Crippen MR) is 128 cm³/mol. The lowest BCUT2D eigenvalue weighted by Gasteiger charge is -2.29. The molecule has 0 aliphatic carbocycles. The van der Waals surface area contributed by atoms with Gasteiger partial charge in [-0.2, -0.15) is 0 Å². The minimum atomic E-state index is -0.666. The third-order valence-corrected chi connectivity index (χ3v) is 6.49. The Morgan fingerprint density at radius 3 is 2.59 bits per heavy atom. The van der Waals surface area contributed by atoms with E-state index in [1.165, 1.54) is 17.8 Å². The average Bonchev–Trinajstić information content (AvgIpc) is 2.78. The van der Waals surface area contributed by atoms with Crippen LogP contribution in [-0.4, -0.2) is 41.7 Å². The Hall–Kier alpha value is -2.25. The van der Waals surface area contributed by atoms with Crippen molar-refractivity contribution in [3.63, 3.8) is 0 Å². The molecular weight excluding hydrogens is 451 g/mol. The van der Waals surface area contributed by atoms with Gasteiger partial charge in [-0.1, -0.05) is 36.7 Å². The summed E-state index contributed by atoms with van der Waals surface area (Å²) in [4.78, 5) is 27.4. The summed E-state index contributed by atoms with van der Waals surface area (Å²) in [6.07, 6.45) is 0.793. The molecule has 8 heteroatoms. The lowest BCUT2D eigenvalue weighted by molar-refractivity contribution is -0.138. The summed E-state index contributed by atoms with van der Waals surface area (Å²) in [6.45, 7) is 5.88. The van der Waals surface area contributed by atoms with Gasteiger partial charge in [0.2, 0.25) is 11.8 Å². The highest BCUT2D eigenvalue weighted by atomic mass is 35.5. The van der Waals surface area contributed by atoms with Crippen molar-refractivity contribution in [2.45, 2.75) is 51.6 Å². The van der Waals surface area contributed by atoms with Gasteiger partial charge in [-0.05, 0) is 50.1 Å². The number of rotatable bonds is 11. The molecule has 0 aromatic heterocycles. The number of ether oxygens (including phenoxy) is 1. The molecule has 0 radical (unpaired) electrons. The Labute approximate surface area is 198 Å². The summed E-state index contributed by atoms with van der Waals surface area (Å²) < 4.78 is 19.3. The monoisotopic (exact) mass is 480 g/mol. The normalized spacial score (nSPS) is 12.7. The number of amides is 2. The molecule has 0 fully saturated rings. The maximum Gasteiger partial charge on any atom is 0.242 e. The molecule has 5 nitrogen and oxygen atoms in total. The van der Waals surface area contributed by atoms with Crippen LogP contribution in [0.5, 0.6) is 5.75 Å². The molecule has 0 bridgehead atoms. The minimum absolute atomic E-state index is 0.0105. The van der Waals surface area contributed by atoms with E-state index in [1.54, 1.807) is 31.1 Å². The third-order valence-electron chi connectivity index (χ3n) is 5.19. The molecule has 0 heterocycles. The van der Waals surface area contributed by atoms with Crippen molar-refractivity contribution in [3.05, 3.63) is 64.4 Å². The molecule has 2 amide bonds. The zero-order chi connectivity index (χ0) is 23.7. The highest BCUT2D eigenvalue weighted by molar-refractivity contribution is 7.99. The van der Waals surface area contributed by atoms with Crippen LogP contribution < -0.4 is 10.1 Å². The van der Waals surface area contributed by atoms with Crippen LogP contribution in [0.1, 0.15) is 38.3 Å². The third kappa shape index (κ3) is 7.41. The molecule has 2 aromatic carbocycles.